The Morgan fingerprint density at radius 1 is 1.15 bits per heavy atom. The Morgan fingerprint density at radius 2 is 1.90 bits per heavy atom. The van der Waals surface area contributed by atoms with Gasteiger partial charge in [-0.25, -0.2) is 0 Å². The number of rotatable bonds is 3. The van der Waals surface area contributed by atoms with Gasteiger partial charge in [0.1, 0.15) is 5.75 Å². The van der Waals surface area contributed by atoms with Crippen molar-refractivity contribution < 1.29 is 5.11 Å². The first-order valence-corrected chi connectivity index (χ1v) is 8.23. The van der Waals surface area contributed by atoms with Crippen LogP contribution in [0.5, 0.6) is 5.75 Å². The number of hydrogen-bond acceptors (Lipinski definition) is 2. The highest BCUT2D eigenvalue weighted by Crippen LogP contribution is 2.42. The number of nitrogens with zero attached hydrogens (tertiary/aromatic N) is 1. The lowest BCUT2D eigenvalue weighted by Crippen LogP contribution is -2.37. The van der Waals surface area contributed by atoms with Crippen LogP contribution in [0.25, 0.3) is 0 Å². The first kappa shape index (κ1) is 13.9. The van der Waals surface area contributed by atoms with Crippen LogP contribution in [0.1, 0.15) is 62.6 Å². The van der Waals surface area contributed by atoms with Gasteiger partial charge in [-0.15, -0.1) is 0 Å². The van der Waals surface area contributed by atoms with Gasteiger partial charge >= 0.3 is 0 Å². The molecule has 1 fully saturated rings. The maximum Gasteiger partial charge on any atom is 0.119 e. The molecule has 20 heavy (non-hydrogen) atoms. The Labute approximate surface area is 122 Å². The molecular weight excluding hydrogens is 246 g/mol. The molecule has 0 heterocycles. The summed E-state index contributed by atoms with van der Waals surface area (Å²) in [5.74, 6) is 1.45. The van der Waals surface area contributed by atoms with Crippen LogP contribution >= 0.6 is 0 Å². The smallest absolute Gasteiger partial charge is 0.119 e. The summed E-state index contributed by atoms with van der Waals surface area (Å²) in [6.07, 6.45) is 9.02. The normalized spacial score (nSPS) is 29.6. The summed E-state index contributed by atoms with van der Waals surface area (Å²) in [5, 5.41) is 9.99. The lowest BCUT2D eigenvalue weighted by Gasteiger charge is -2.38. The van der Waals surface area contributed by atoms with Gasteiger partial charge in [-0.05, 0) is 68.7 Å². The van der Waals surface area contributed by atoms with Crippen molar-refractivity contribution >= 4 is 0 Å². The monoisotopic (exact) mass is 273 g/mol. The minimum atomic E-state index is 0.494. The second-order valence-electron chi connectivity index (χ2n) is 6.65. The van der Waals surface area contributed by atoms with Crippen LogP contribution in [0.3, 0.4) is 0 Å². The van der Waals surface area contributed by atoms with Gasteiger partial charge in [0.2, 0.25) is 0 Å². The predicted octanol–water partition coefficient (Wildman–Crippen LogP) is 4.28. The third-order valence-corrected chi connectivity index (χ3v) is 5.68. The Morgan fingerprint density at radius 3 is 2.60 bits per heavy atom. The summed E-state index contributed by atoms with van der Waals surface area (Å²) in [5.41, 5.74) is 2.55. The van der Waals surface area contributed by atoms with E-state index in [-0.39, 0.29) is 0 Å². The van der Waals surface area contributed by atoms with Crippen molar-refractivity contribution in [3.05, 3.63) is 29.3 Å². The molecule has 0 aromatic heterocycles. The molecule has 1 saturated carbocycles. The molecule has 2 aliphatic rings. The van der Waals surface area contributed by atoms with Gasteiger partial charge in [0.05, 0.1) is 0 Å². The molecule has 0 radical (unpaired) electrons. The van der Waals surface area contributed by atoms with Crippen molar-refractivity contribution in [1.29, 1.82) is 0 Å². The maximum atomic E-state index is 9.99. The minimum absolute atomic E-state index is 0.494. The van der Waals surface area contributed by atoms with Crippen molar-refractivity contribution in [1.82, 2.24) is 4.90 Å². The molecule has 1 atom stereocenters. The van der Waals surface area contributed by atoms with E-state index < -0.39 is 0 Å². The van der Waals surface area contributed by atoms with Crippen LogP contribution < -0.4 is 0 Å². The van der Waals surface area contributed by atoms with Crippen molar-refractivity contribution in [3.8, 4) is 5.75 Å². The van der Waals surface area contributed by atoms with E-state index in [0.717, 1.165) is 24.8 Å². The molecule has 0 saturated heterocycles. The molecule has 0 bridgehead atoms. The highest BCUT2D eigenvalue weighted by Gasteiger charge is 2.32. The molecule has 2 nitrogen and oxygen atoms in total. The van der Waals surface area contributed by atoms with Crippen LogP contribution in [0.4, 0.5) is 0 Å². The second-order valence-corrected chi connectivity index (χ2v) is 6.65. The van der Waals surface area contributed by atoms with Gasteiger partial charge in [0, 0.05) is 12.1 Å². The minimum Gasteiger partial charge on any atom is -0.508 e. The van der Waals surface area contributed by atoms with Crippen LogP contribution in [-0.2, 0) is 6.42 Å². The fourth-order valence-electron chi connectivity index (χ4n) is 4.25. The third kappa shape index (κ3) is 2.46. The Hall–Kier alpha value is -1.02. The molecular formula is C18H27NO. The SMILES string of the molecule is CCC1CCC(N(C)C2CCc3c(O)cccc32)CC1. The van der Waals surface area contributed by atoms with E-state index in [4.69, 9.17) is 0 Å². The summed E-state index contributed by atoms with van der Waals surface area (Å²) in [4.78, 5) is 2.59. The van der Waals surface area contributed by atoms with Gasteiger partial charge in [-0.3, -0.25) is 4.90 Å². The van der Waals surface area contributed by atoms with Gasteiger partial charge in [0.25, 0.3) is 0 Å². The molecule has 0 spiro atoms. The third-order valence-electron chi connectivity index (χ3n) is 5.68. The van der Waals surface area contributed by atoms with Crippen molar-refractivity contribution in [2.75, 3.05) is 7.05 Å². The zero-order chi connectivity index (χ0) is 14.1. The van der Waals surface area contributed by atoms with E-state index in [1.807, 2.05) is 12.1 Å². The molecule has 2 heteroatoms. The van der Waals surface area contributed by atoms with Crippen molar-refractivity contribution in [2.24, 2.45) is 5.92 Å². The number of fused-ring (bicyclic) bond motifs is 1. The lowest BCUT2D eigenvalue weighted by atomic mass is 9.83. The van der Waals surface area contributed by atoms with E-state index in [9.17, 15) is 5.11 Å². The van der Waals surface area contributed by atoms with Crippen molar-refractivity contribution in [3.63, 3.8) is 0 Å². The molecule has 1 aromatic rings. The Kier molecular flexibility index (Phi) is 4.02. The molecule has 1 unspecified atom stereocenters. The number of phenols is 1. The summed E-state index contributed by atoms with van der Waals surface area (Å²) < 4.78 is 0. The fraction of sp³-hybridized carbons (Fsp3) is 0.667. The standard InChI is InChI=1S/C18H27NO/c1-3-13-7-9-14(10-8-13)19(2)17-12-11-16-15(17)5-4-6-18(16)20/h4-6,13-14,17,20H,3,7-12H2,1-2H3. The highest BCUT2D eigenvalue weighted by molar-refractivity contribution is 5.44. The Balaban J connectivity index is 1.71. The zero-order valence-electron chi connectivity index (χ0n) is 12.8. The lowest BCUT2D eigenvalue weighted by molar-refractivity contribution is 0.119. The molecule has 1 N–H and O–H groups in total. The zero-order valence-corrected chi connectivity index (χ0v) is 12.8. The average molecular weight is 273 g/mol. The topological polar surface area (TPSA) is 23.5 Å². The van der Waals surface area contributed by atoms with Gasteiger partial charge in [0.15, 0.2) is 0 Å². The number of phenolic OH excluding ortho intramolecular Hbond substituents is 1. The fourth-order valence-corrected chi connectivity index (χ4v) is 4.25. The highest BCUT2D eigenvalue weighted by atomic mass is 16.3. The average Bonchev–Trinajstić information content (AvgIpc) is 2.92. The van der Waals surface area contributed by atoms with Gasteiger partial charge < -0.3 is 5.11 Å². The first-order valence-electron chi connectivity index (χ1n) is 8.23. The molecule has 2 aliphatic carbocycles. The quantitative estimate of drug-likeness (QED) is 0.888. The number of aromatic hydroxyl groups is 1. The summed E-state index contributed by atoms with van der Waals surface area (Å²) in [6.45, 7) is 2.32. The molecule has 110 valence electrons. The number of hydrogen-bond donors (Lipinski definition) is 1. The summed E-state index contributed by atoms with van der Waals surface area (Å²) in [6, 6.07) is 7.28. The van der Waals surface area contributed by atoms with E-state index in [2.05, 4.69) is 24.9 Å². The van der Waals surface area contributed by atoms with Crippen LogP contribution in [0, 0.1) is 5.92 Å². The van der Waals surface area contributed by atoms with E-state index >= 15 is 0 Å². The maximum absolute atomic E-state index is 9.99. The van der Waals surface area contributed by atoms with Crippen LogP contribution in [0.2, 0.25) is 0 Å². The summed E-state index contributed by atoms with van der Waals surface area (Å²) >= 11 is 0. The molecule has 1 aromatic carbocycles. The second kappa shape index (κ2) is 5.77. The predicted molar refractivity (Wildman–Crippen MR) is 83.0 cm³/mol. The van der Waals surface area contributed by atoms with Crippen molar-refractivity contribution in [2.45, 2.75) is 64.0 Å². The molecule has 0 aliphatic heterocycles. The molecule has 0 amide bonds. The van der Waals surface area contributed by atoms with E-state index in [1.165, 1.54) is 43.2 Å². The van der Waals surface area contributed by atoms with Crippen LogP contribution in [-0.4, -0.2) is 23.1 Å². The first-order chi connectivity index (χ1) is 9.70. The summed E-state index contributed by atoms with van der Waals surface area (Å²) in [7, 11) is 2.29. The molecule has 3 rings (SSSR count). The largest absolute Gasteiger partial charge is 0.508 e. The van der Waals surface area contributed by atoms with Crippen LogP contribution in [0.15, 0.2) is 18.2 Å². The van der Waals surface area contributed by atoms with Gasteiger partial charge in [-0.2, -0.15) is 0 Å². The number of benzene rings is 1. The Bertz CT molecular complexity index is 462. The van der Waals surface area contributed by atoms with E-state index in [1.54, 1.807) is 0 Å². The van der Waals surface area contributed by atoms with Gasteiger partial charge in [-0.1, -0.05) is 25.5 Å². The van der Waals surface area contributed by atoms with E-state index in [0.29, 0.717) is 11.8 Å².